The molecule has 10 heteroatoms. The lowest BCUT2D eigenvalue weighted by Crippen LogP contribution is -2.45. The van der Waals surface area contributed by atoms with E-state index in [-0.39, 0.29) is 34.3 Å². The van der Waals surface area contributed by atoms with E-state index in [1.54, 1.807) is 4.90 Å². The van der Waals surface area contributed by atoms with Crippen LogP contribution in [0.5, 0.6) is 0 Å². The fourth-order valence-electron chi connectivity index (χ4n) is 3.61. The Morgan fingerprint density at radius 3 is 2.76 bits per heavy atom. The lowest BCUT2D eigenvalue weighted by Gasteiger charge is -2.30. The molecule has 2 aromatic rings. The van der Waals surface area contributed by atoms with Crippen molar-refractivity contribution in [3.8, 4) is 0 Å². The lowest BCUT2D eigenvalue weighted by atomic mass is 10.2. The van der Waals surface area contributed by atoms with Crippen LogP contribution in [0.2, 0.25) is 0 Å². The number of nitrogens with zero attached hydrogens (tertiary/aromatic N) is 2. The average molecular weight is 458 g/mol. The first-order valence-corrected chi connectivity index (χ1v) is 13.4. The minimum atomic E-state index is -3.05. The highest BCUT2D eigenvalue weighted by Crippen LogP contribution is 2.27. The number of sulfone groups is 1. The smallest absolute Gasteiger partial charge is 0.259 e. The van der Waals surface area contributed by atoms with Crippen molar-refractivity contribution in [3.63, 3.8) is 0 Å². The highest BCUT2D eigenvalue weighted by Gasteiger charge is 2.35. The van der Waals surface area contributed by atoms with Crippen LogP contribution in [-0.4, -0.2) is 58.5 Å². The lowest BCUT2D eigenvalue weighted by molar-refractivity contribution is -0.132. The predicted octanol–water partition coefficient (Wildman–Crippen LogP) is 2.65. The second kappa shape index (κ2) is 8.77. The van der Waals surface area contributed by atoms with Gasteiger partial charge in [-0.1, -0.05) is 6.92 Å². The zero-order chi connectivity index (χ0) is 21.3. The van der Waals surface area contributed by atoms with Crippen LogP contribution >= 0.6 is 23.1 Å². The summed E-state index contributed by atoms with van der Waals surface area (Å²) in [7, 11) is -3.05. The molecule has 1 saturated heterocycles. The van der Waals surface area contributed by atoms with Gasteiger partial charge in [-0.3, -0.25) is 9.59 Å². The molecule has 0 radical (unpaired) electrons. The van der Waals surface area contributed by atoms with E-state index in [0.29, 0.717) is 29.9 Å². The molecule has 7 nitrogen and oxygen atoms in total. The van der Waals surface area contributed by atoms with E-state index in [1.807, 2.05) is 27.7 Å². The van der Waals surface area contributed by atoms with Gasteiger partial charge in [-0.15, -0.1) is 23.1 Å². The molecule has 2 aromatic heterocycles. The van der Waals surface area contributed by atoms with Crippen LogP contribution in [0.1, 0.15) is 43.0 Å². The van der Waals surface area contributed by atoms with Crippen LogP contribution in [0.4, 0.5) is 0 Å². The Morgan fingerprint density at radius 1 is 1.41 bits per heavy atom. The second-order valence-electron chi connectivity index (χ2n) is 7.52. The maximum atomic E-state index is 13.0. The number of fused-ring (bicyclic) bond motifs is 1. The molecule has 0 saturated carbocycles. The van der Waals surface area contributed by atoms with Crippen molar-refractivity contribution in [1.29, 1.82) is 0 Å². The summed E-state index contributed by atoms with van der Waals surface area (Å²) in [5, 5.41) is 0.291. The molecule has 1 N–H and O–H groups in total. The molecule has 1 fully saturated rings. The molecule has 0 spiro atoms. The van der Waals surface area contributed by atoms with Crippen LogP contribution in [-0.2, 0) is 20.4 Å². The summed E-state index contributed by atoms with van der Waals surface area (Å²) in [6.07, 6.45) is 1.29. The summed E-state index contributed by atoms with van der Waals surface area (Å²) in [6.45, 7) is 8.26. The van der Waals surface area contributed by atoms with Gasteiger partial charge in [-0.2, -0.15) is 0 Å². The molecule has 1 aliphatic heterocycles. The quantitative estimate of drug-likeness (QED) is 0.686. The van der Waals surface area contributed by atoms with Gasteiger partial charge in [0.15, 0.2) is 9.84 Å². The molecule has 2 atom stereocenters. The predicted molar refractivity (Wildman–Crippen MR) is 120 cm³/mol. The Hall–Kier alpha value is -1.39. The van der Waals surface area contributed by atoms with Crippen molar-refractivity contribution >= 4 is 49.1 Å². The summed E-state index contributed by atoms with van der Waals surface area (Å²) >= 11 is 2.91. The molecule has 0 aromatic carbocycles. The molecule has 1 amide bonds. The summed E-state index contributed by atoms with van der Waals surface area (Å²) in [5.41, 5.74) is 0.818. The van der Waals surface area contributed by atoms with Crippen molar-refractivity contribution < 1.29 is 13.2 Å². The second-order valence-corrected chi connectivity index (χ2v) is 12.3. The molecule has 160 valence electrons. The number of aryl methyl sites for hydroxylation is 2. The first-order chi connectivity index (χ1) is 13.6. The van der Waals surface area contributed by atoms with E-state index < -0.39 is 9.84 Å². The third-order valence-electron chi connectivity index (χ3n) is 5.30. The normalized spacial score (nSPS) is 19.5. The number of aromatic amines is 1. The van der Waals surface area contributed by atoms with Gasteiger partial charge in [-0.25, -0.2) is 13.4 Å². The topological polar surface area (TPSA) is 100 Å². The summed E-state index contributed by atoms with van der Waals surface area (Å²) in [4.78, 5) is 36.3. The van der Waals surface area contributed by atoms with Crippen LogP contribution in [0.15, 0.2) is 4.79 Å². The van der Waals surface area contributed by atoms with Crippen molar-refractivity contribution in [2.75, 3.05) is 18.1 Å². The number of hydrogen-bond donors (Lipinski definition) is 1. The number of H-pyrrole nitrogens is 1. The standard InChI is InChI=1S/C19H27N3O4S3/c1-5-7-22(14-6-8-29(25,26)10-14)19(24)13(4)27-9-15-20-17(23)16-11(2)12(3)28-18(16)21-15/h13-14H,5-10H2,1-4H3,(H,20,21,23)/t13-,14+/m1/s1. The highest BCUT2D eigenvalue weighted by atomic mass is 32.2. The number of hydrogen-bond acceptors (Lipinski definition) is 7. The van der Waals surface area contributed by atoms with E-state index in [0.717, 1.165) is 21.7 Å². The van der Waals surface area contributed by atoms with Gasteiger partial charge in [0.1, 0.15) is 10.7 Å². The number of aromatic nitrogens is 2. The average Bonchev–Trinajstić information content (AvgIpc) is 3.16. The van der Waals surface area contributed by atoms with E-state index in [2.05, 4.69) is 9.97 Å². The summed E-state index contributed by atoms with van der Waals surface area (Å²) in [5.74, 6) is 1.12. The van der Waals surface area contributed by atoms with Gasteiger partial charge < -0.3 is 9.88 Å². The maximum Gasteiger partial charge on any atom is 0.259 e. The largest absolute Gasteiger partial charge is 0.338 e. The molecular weight excluding hydrogens is 430 g/mol. The zero-order valence-electron chi connectivity index (χ0n) is 17.1. The van der Waals surface area contributed by atoms with Crippen LogP contribution in [0, 0.1) is 13.8 Å². The van der Waals surface area contributed by atoms with E-state index in [1.165, 1.54) is 23.1 Å². The molecule has 3 rings (SSSR count). The maximum absolute atomic E-state index is 13.0. The number of nitrogens with one attached hydrogen (secondary N) is 1. The number of carbonyl (C=O) groups is 1. The van der Waals surface area contributed by atoms with Crippen LogP contribution in [0.3, 0.4) is 0 Å². The van der Waals surface area contributed by atoms with Gasteiger partial charge in [-0.05, 0) is 39.2 Å². The number of thioether (sulfide) groups is 1. The zero-order valence-corrected chi connectivity index (χ0v) is 19.6. The van der Waals surface area contributed by atoms with Crippen LogP contribution < -0.4 is 5.56 Å². The monoisotopic (exact) mass is 457 g/mol. The van der Waals surface area contributed by atoms with E-state index in [4.69, 9.17) is 0 Å². The SMILES string of the molecule is CCCN(C(=O)[C@@H](C)SCc1nc2sc(C)c(C)c2c(=O)[nH]1)[C@H]1CCS(=O)(=O)C1. The van der Waals surface area contributed by atoms with Gasteiger partial charge in [0.25, 0.3) is 5.56 Å². The number of carbonyl (C=O) groups excluding carboxylic acids is 1. The molecule has 0 aliphatic carbocycles. The number of amides is 1. The van der Waals surface area contributed by atoms with E-state index >= 15 is 0 Å². The van der Waals surface area contributed by atoms with Crippen molar-refractivity contribution in [3.05, 3.63) is 26.6 Å². The third kappa shape index (κ3) is 4.86. The fourth-order valence-corrected chi connectivity index (χ4v) is 7.21. The Labute approximate surface area is 179 Å². The Bertz CT molecular complexity index is 1070. The van der Waals surface area contributed by atoms with Crippen LogP contribution in [0.25, 0.3) is 10.2 Å². The molecule has 0 bridgehead atoms. The Morgan fingerprint density at radius 2 is 2.14 bits per heavy atom. The summed E-state index contributed by atoms with van der Waals surface area (Å²) < 4.78 is 23.7. The Balaban J connectivity index is 1.70. The minimum absolute atomic E-state index is 0.0508. The molecule has 3 heterocycles. The first kappa shape index (κ1) is 22.3. The fraction of sp³-hybridized carbons (Fsp3) is 0.632. The minimum Gasteiger partial charge on any atom is -0.338 e. The van der Waals surface area contributed by atoms with Gasteiger partial charge in [0, 0.05) is 17.5 Å². The third-order valence-corrected chi connectivity index (χ3v) is 9.30. The molecule has 1 aliphatic rings. The number of thiophene rings is 1. The van der Waals surface area contributed by atoms with Gasteiger partial charge in [0.2, 0.25) is 5.91 Å². The molecular formula is C19H27N3O4S3. The number of rotatable bonds is 7. The first-order valence-electron chi connectivity index (χ1n) is 9.74. The van der Waals surface area contributed by atoms with Crippen molar-refractivity contribution in [2.24, 2.45) is 0 Å². The van der Waals surface area contributed by atoms with Gasteiger partial charge in [0.05, 0.1) is 27.9 Å². The Kier molecular flexibility index (Phi) is 6.74. The highest BCUT2D eigenvalue weighted by molar-refractivity contribution is 7.99. The van der Waals surface area contributed by atoms with E-state index in [9.17, 15) is 18.0 Å². The van der Waals surface area contributed by atoms with Crippen molar-refractivity contribution in [1.82, 2.24) is 14.9 Å². The molecule has 29 heavy (non-hydrogen) atoms. The van der Waals surface area contributed by atoms with Crippen molar-refractivity contribution in [2.45, 2.75) is 57.6 Å². The summed E-state index contributed by atoms with van der Waals surface area (Å²) in [6, 6.07) is -0.234. The molecule has 0 unspecified atom stereocenters. The van der Waals surface area contributed by atoms with Gasteiger partial charge >= 0.3 is 0 Å².